The number of fused-ring (bicyclic) bond motifs is 1. The molecule has 0 amide bonds. The smallest absolute Gasteiger partial charge is 0.141 e. The fourth-order valence-electron chi connectivity index (χ4n) is 3.59. The highest BCUT2D eigenvalue weighted by molar-refractivity contribution is 6.32. The molecule has 0 saturated heterocycles. The first-order chi connectivity index (χ1) is 17.5. The van der Waals surface area contributed by atoms with Crippen LogP contribution in [0.5, 0.6) is 5.75 Å². The molecule has 6 nitrogen and oxygen atoms in total. The normalized spacial score (nSPS) is 12.0. The molecule has 0 aliphatic heterocycles. The quantitative estimate of drug-likeness (QED) is 0.193. The Balaban J connectivity index is 1.55. The van der Waals surface area contributed by atoms with Gasteiger partial charge in [0.05, 0.1) is 22.9 Å². The Morgan fingerprint density at radius 3 is 2.81 bits per heavy atom. The summed E-state index contributed by atoms with van der Waals surface area (Å²) < 4.78 is 24.9. The second-order valence-electron chi connectivity index (χ2n) is 7.93. The summed E-state index contributed by atoms with van der Waals surface area (Å²) in [6, 6.07) is 15.0. The third kappa shape index (κ3) is 6.11. The van der Waals surface area contributed by atoms with Crippen molar-refractivity contribution in [1.29, 1.82) is 0 Å². The molecule has 0 saturated carbocycles. The van der Waals surface area contributed by atoms with Gasteiger partial charge in [-0.1, -0.05) is 17.5 Å². The van der Waals surface area contributed by atoms with Crippen molar-refractivity contribution in [1.82, 2.24) is 15.3 Å². The van der Waals surface area contributed by atoms with E-state index in [-0.39, 0.29) is 12.4 Å². The molecule has 8 heteroatoms. The van der Waals surface area contributed by atoms with E-state index in [1.807, 2.05) is 43.4 Å². The van der Waals surface area contributed by atoms with Crippen LogP contribution in [-0.2, 0) is 6.54 Å². The molecule has 0 aliphatic rings. The SMILES string of the molecule is C#C/C=C(\C=C(/C)F)COc1ccc(Nc2ncnc3ccc(-c4ccc(CNC)o4)cc23)cc1Cl. The van der Waals surface area contributed by atoms with E-state index >= 15 is 0 Å². The van der Waals surface area contributed by atoms with Gasteiger partial charge in [0.15, 0.2) is 0 Å². The molecular formula is C28H24ClFN4O2. The summed E-state index contributed by atoms with van der Waals surface area (Å²) >= 11 is 6.45. The number of anilines is 2. The van der Waals surface area contributed by atoms with Gasteiger partial charge in [-0.2, -0.15) is 0 Å². The standard InChI is InChI=1S/C28H24ClFN4O2/c1-4-5-19(12-18(2)30)16-35-27-10-7-21(14-24(27)29)34-28-23-13-20(6-9-25(23)32-17-33-28)26-11-8-22(36-26)15-31-3/h1,5-14,17,31H,15-16H2,2-3H3,(H,32,33,34)/b18-12+,19-5+. The zero-order valence-electron chi connectivity index (χ0n) is 19.8. The van der Waals surface area contributed by atoms with E-state index < -0.39 is 0 Å². The van der Waals surface area contributed by atoms with Crippen LogP contribution < -0.4 is 15.4 Å². The van der Waals surface area contributed by atoms with Gasteiger partial charge in [-0.3, -0.25) is 0 Å². The van der Waals surface area contributed by atoms with E-state index in [0.717, 1.165) is 28.0 Å². The number of furan rings is 1. The number of terminal acetylenes is 1. The first-order valence-corrected chi connectivity index (χ1v) is 11.5. The molecule has 182 valence electrons. The van der Waals surface area contributed by atoms with Crippen LogP contribution in [0.4, 0.5) is 15.9 Å². The Kier molecular flexibility index (Phi) is 8.01. The lowest BCUT2D eigenvalue weighted by molar-refractivity contribution is 0.355. The molecule has 0 aliphatic carbocycles. The van der Waals surface area contributed by atoms with Gasteiger partial charge in [0.25, 0.3) is 0 Å². The molecule has 2 N–H and O–H groups in total. The van der Waals surface area contributed by atoms with E-state index in [2.05, 4.69) is 26.5 Å². The Hall–Kier alpha value is -4.12. The van der Waals surface area contributed by atoms with Gasteiger partial charge in [0, 0.05) is 22.2 Å². The van der Waals surface area contributed by atoms with Crippen molar-refractivity contribution in [3.8, 4) is 29.4 Å². The molecule has 36 heavy (non-hydrogen) atoms. The van der Waals surface area contributed by atoms with Crippen LogP contribution in [0.1, 0.15) is 12.7 Å². The molecule has 0 atom stereocenters. The van der Waals surface area contributed by atoms with Gasteiger partial charge < -0.3 is 19.8 Å². The van der Waals surface area contributed by atoms with Crippen LogP contribution in [0, 0.1) is 12.3 Å². The number of allylic oxidation sites excluding steroid dienone is 2. The molecule has 2 aromatic heterocycles. The molecule has 2 aromatic carbocycles. The largest absolute Gasteiger partial charge is 0.487 e. The van der Waals surface area contributed by atoms with Gasteiger partial charge in [0.1, 0.15) is 36.0 Å². The van der Waals surface area contributed by atoms with E-state index in [9.17, 15) is 4.39 Å². The molecule has 4 aromatic rings. The summed E-state index contributed by atoms with van der Waals surface area (Å²) in [7, 11) is 1.87. The number of hydrogen-bond acceptors (Lipinski definition) is 6. The summed E-state index contributed by atoms with van der Waals surface area (Å²) in [4.78, 5) is 8.80. The topological polar surface area (TPSA) is 72.2 Å². The molecule has 0 radical (unpaired) electrons. The van der Waals surface area contributed by atoms with Crippen molar-refractivity contribution < 1.29 is 13.5 Å². The number of nitrogens with zero attached hydrogens (tertiary/aromatic N) is 2. The molecule has 0 fully saturated rings. The highest BCUT2D eigenvalue weighted by atomic mass is 35.5. The van der Waals surface area contributed by atoms with Gasteiger partial charge in [0.2, 0.25) is 0 Å². The van der Waals surface area contributed by atoms with Gasteiger partial charge in [-0.05, 0) is 74.7 Å². The van der Waals surface area contributed by atoms with E-state index in [1.54, 1.807) is 12.1 Å². The van der Waals surface area contributed by atoms with E-state index in [4.69, 9.17) is 27.2 Å². The van der Waals surface area contributed by atoms with Crippen molar-refractivity contribution in [3.05, 3.63) is 89.2 Å². The lowest BCUT2D eigenvalue weighted by atomic mass is 10.1. The Labute approximate surface area is 213 Å². The molecule has 0 spiro atoms. The first kappa shape index (κ1) is 25.0. The predicted molar refractivity (Wildman–Crippen MR) is 142 cm³/mol. The lowest BCUT2D eigenvalue weighted by Crippen LogP contribution is -2.03. The molecular weight excluding hydrogens is 479 g/mol. The monoisotopic (exact) mass is 502 g/mol. The van der Waals surface area contributed by atoms with Crippen molar-refractivity contribution in [2.45, 2.75) is 13.5 Å². The number of ether oxygens (including phenoxy) is 1. The maximum atomic E-state index is 13.2. The second-order valence-corrected chi connectivity index (χ2v) is 8.33. The summed E-state index contributed by atoms with van der Waals surface area (Å²) in [5.74, 6) is 4.69. The van der Waals surface area contributed by atoms with Crippen LogP contribution in [0.15, 0.2) is 82.8 Å². The fourth-order valence-corrected chi connectivity index (χ4v) is 3.83. The van der Waals surface area contributed by atoms with Crippen LogP contribution in [-0.4, -0.2) is 23.6 Å². The third-order valence-electron chi connectivity index (χ3n) is 5.17. The Morgan fingerprint density at radius 2 is 2.06 bits per heavy atom. The Bertz CT molecular complexity index is 1480. The van der Waals surface area contributed by atoms with Crippen molar-refractivity contribution in [3.63, 3.8) is 0 Å². The highest BCUT2D eigenvalue weighted by Crippen LogP contribution is 2.32. The highest BCUT2D eigenvalue weighted by Gasteiger charge is 2.11. The van der Waals surface area contributed by atoms with Crippen molar-refractivity contribution in [2.75, 3.05) is 19.0 Å². The zero-order valence-corrected chi connectivity index (χ0v) is 20.6. The number of halogens is 2. The van der Waals surface area contributed by atoms with Crippen LogP contribution in [0.25, 0.3) is 22.2 Å². The predicted octanol–water partition coefficient (Wildman–Crippen LogP) is 6.82. The Morgan fingerprint density at radius 1 is 1.19 bits per heavy atom. The second kappa shape index (κ2) is 11.5. The maximum Gasteiger partial charge on any atom is 0.141 e. The van der Waals surface area contributed by atoms with Gasteiger partial charge >= 0.3 is 0 Å². The third-order valence-corrected chi connectivity index (χ3v) is 5.47. The average Bonchev–Trinajstić information content (AvgIpc) is 3.32. The van der Waals surface area contributed by atoms with Crippen LogP contribution in [0.2, 0.25) is 5.02 Å². The molecule has 0 bridgehead atoms. The molecule has 2 heterocycles. The number of nitrogens with one attached hydrogen (secondary N) is 2. The van der Waals surface area contributed by atoms with E-state index in [0.29, 0.717) is 34.4 Å². The minimum Gasteiger partial charge on any atom is -0.487 e. The maximum absolute atomic E-state index is 13.2. The average molecular weight is 503 g/mol. The van der Waals surface area contributed by atoms with Crippen LogP contribution in [0.3, 0.4) is 0 Å². The number of benzene rings is 2. The van der Waals surface area contributed by atoms with Crippen molar-refractivity contribution in [2.24, 2.45) is 0 Å². The number of aromatic nitrogens is 2. The summed E-state index contributed by atoms with van der Waals surface area (Å²) in [6.07, 6.45) is 9.58. The van der Waals surface area contributed by atoms with Gasteiger partial charge in [-0.25, -0.2) is 14.4 Å². The fraction of sp³-hybridized carbons (Fsp3) is 0.143. The summed E-state index contributed by atoms with van der Waals surface area (Å²) in [6.45, 7) is 2.07. The van der Waals surface area contributed by atoms with Crippen molar-refractivity contribution >= 4 is 34.0 Å². The first-order valence-electron chi connectivity index (χ1n) is 11.1. The summed E-state index contributed by atoms with van der Waals surface area (Å²) in [5, 5.41) is 7.59. The van der Waals surface area contributed by atoms with Crippen LogP contribution >= 0.6 is 11.6 Å². The number of hydrogen-bond donors (Lipinski definition) is 2. The molecule has 4 rings (SSSR count). The summed E-state index contributed by atoms with van der Waals surface area (Å²) in [5.41, 5.74) is 2.94. The zero-order chi connectivity index (χ0) is 25.5. The van der Waals surface area contributed by atoms with E-state index in [1.165, 1.54) is 25.4 Å². The minimum atomic E-state index is -0.364. The molecule has 0 unspecified atom stereocenters. The minimum absolute atomic E-state index is 0.0834. The number of rotatable bonds is 9. The lowest BCUT2D eigenvalue weighted by Gasteiger charge is -2.12. The van der Waals surface area contributed by atoms with Gasteiger partial charge in [-0.15, -0.1) is 6.42 Å².